The van der Waals surface area contributed by atoms with Crippen LogP contribution in [0.4, 0.5) is 0 Å². The van der Waals surface area contributed by atoms with Crippen LogP contribution in [0.25, 0.3) is 10.9 Å². The smallest absolute Gasteiger partial charge is 0.243 e. The topological polar surface area (TPSA) is 70.5 Å². The molecule has 1 aromatic heterocycles. The van der Waals surface area contributed by atoms with Crippen molar-refractivity contribution in [1.29, 1.82) is 0 Å². The summed E-state index contributed by atoms with van der Waals surface area (Å²) in [5.74, 6) is 0. The number of hydrogen-bond acceptors (Lipinski definition) is 4. The second-order valence-corrected chi connectivity index (χ2v) is 8.00. The van der Waals surface area contributed by atoms with E-state index >= 15 is 0 Å². The third-order valence-electron chi connectivity index (χ3n) is 3.21. The van der Waals surface area contributed by atoms with Crippen LogP contribution in [0.3, 0.4) is 0 Å². The van der Waals surface area contributed by atoms with Crippen molar-refractivity contribution < 1.29 is 13.5 Å². The number of aliphatic hydroxyl groups is 1. The van der Waals surface area contributed by atoms with E-state index in [0.717, 1.165) is 0 Å². The van der Waals surface area contributed by atoms with Crippen molar-refractivity contribution in [2.45, 2.75) is 31.3 Å². The summed E-state index contributed by atoms with van der Waals surface area (Å²) in [7, 11) is -3.75. The van der Waals surface area contributed by atoms with Gasteiger partial charge in [-0.15, -0.1) is 0 Å². The molecule has 0 amide bonds. The van der Waals surface area contributed by atoms with E-state index in [-0.39, 0.29) is 18.0 Å². The maximum Gasteiger partial charge on any atom is 0.243 e. The molecule has 0 saturated carbocycles. The fourth-order valence-electron chi connectivity index (χ4n) is 2.27. The first kappa shape index (κ1) is 17.1. The van der Waals surface area contributed by atoms with Gasteiger partial charge in [-0.25, -0.2) is 8.42 Å². The average Bonchev–Trinajstić information content (AvgIpc) is 2.44. The number of aromatic nitrogens is 1. The Bertz CT molecular complexity index is 785. The summed E-state index contributed by atoms with van der Waals surface area (Å²) in [6.45, 7) is 5.16. The molecule has 1 N–H and O–H groups in total. The van der Waals surface area contributed by atoms with Gasteiger partial charge in [0, 0.05) is 24.7 Å². The van der Waals surface area contributed by atoms with Gasteiger partial charge in [-0.3, -0.25) is 4.98 Å². The number of sulfonamides is 1. The number of pyridine rings is 1. The maximum absolute atomic E-state index is 12.9. The lowest BCUT2D eigenvalue weighted by Crippen LogP contribution is -2.42. The van der Waals surface area contributed by atoms with Crippen LogP contribution in [0, 0.1) is 0 Å². The number of likely N-dealkylation sites (N-methyl/N-ethyl adjacent to an activating group) is 1. The Morgan fingerprint density at radius 2 is 2.00 bits per heavy atom. The molecule has 7 heteroatoms. The Morgan fingerprint density at radius 1 is 1.32 bits per heavy atom. The summed E-state index contributed by atoms with van der Waals surface area (Å²) >= 11 is 6.09. The van der Waals surface area contributed by atoms with E-state index in [1.807, 2.05) is 0 Å². The Kier molecular flexibility index (Phi) is 4.77. The van der Waals surface area contributed by atoms with E-state index < -0.39 is 15.6 Å². The molecule has 2 aromatic rings. The van der Waals surface area contributed by atoms with Crippen LogP contribution in [0.1, 0.15) is 20.8 Å². The predicted octanol–water partition coefficient (Wildman–Crippen LogP) is 2.67. The minimum absolute atomic E-state index is 0.0101. The van der Waals surface area contributed by atoms with Gasteiger partial charge in [0.15, 0.2) is 0 Å². The normalized spacial score (nSPS) is 13.0. The summed E-state index contributed by atoms with van der Waals surface area (Å²) < 4.78 is 27.1. The molecule has 5 nitrogen and oxygen atoms in total. The van der Waals surface area contributed by atoms with Crippen LogP contribution in [0.15, 0.2) is 35.4 Å². The SMILES string of the molecule is CCN(CC(C)(C)O)S(=O)(=O)c1ccc(Cl)c2ncccc12. The molecule has 120 valence electrons. The number of hydrogen-bond donors (Lipinski definition) is 1. The lowest BCUT2D eigenvalue weighted by molar-refractivity contribution is 0.0601. The molecule has 0 atom stereocenters. The van der Waals surface area contributed by atoms with E-state index in [4.69, 9.17) is 11.6 Å². The van der Waals surface area contributed by atoms with Gasteiger partial charge in [-0.2, -0.15) is 4.31 Å². The highest BCUT2D eigenvalue weighted by Crippen LogP contribution is 2.29. The van der Waals surface area contributed by atoms with E-state index in [9.17, 15) is 13.5 Å². The molecule has 0 spiro atoms. The molecule has 22 heavy (non-hydrogen) atoms. The fourth-order valence-corrected chi connectivity index (χ4v) is 4.27. The Labute approximate surface area is 135 Å². The van der Waals surface area contributed by atoms with Gasteiger partial charge in [0.25, 0.3) is 0 Å². The van der Waals surface area contributed by atoms with Gasteiger partial charge in [0.2, 0.25) is 10.0 Å². The number of nitrogens with zero attached hydrogens (tertiary/aromatic N) is 2. The van der Waals surface area contributed by atoms with Crippen molar-refractivity contribution >= 4 is 32.5 Å². The van der Waals surface area contributed by atoms with Crippen LogP contribution in [-0.4, -0.2) is 41.5 Å². The lowest BCUT2D eigenvalue weighted by Gasteiger charge is -2.27. The molecule has 0 radical (unpaired) electrons. The molecule has 0 saturated heterocycles. The van der Waals surface area contributed by atoms with Crippen molar-refractivity contribution in [2.75, 3.05) is 13.1 Å². The van der Waals surface area contributed by atoms with Gasteiger partial charge in [-0.05, 0) is 38.1 Å². The first-order valence-electron chi connectivity index (χ1n) is 6.92. The van der Waals surface area contributed by atoms with Crippen molar-refractivity contribution in [3.05, 3.63) is 35.5 Å². The third-order valence-corrected chi connectivity index (χ3v) is 5.50. The first-order valence-corrected chi connectivity index (χ1v) is 8.74. The van der Waals surface area contributed by atoms with Gasteiger partial charge in [0.05, 0.1) is 21.0 Å². The Morgan fingerprint density at radius 3 is 2.59 bits per heavy atom. The largest absolute Gasteiger partial charge is 0.389 e. The van der Waals surface area contributed by atoms with Gasteiger partial charge < -0.3 is 5.11 Å². The zero-order valence-electron chi connectivity index (χ0n) is 12.7. The minimum Gasteiger partial charge on any atom is -0.389 e. The predicted molar refractivity (Wildman–Crippen MR) is 87.5 cm³/mol. The number of benzene rings is 1. The zero-order chi connectivity index (χ0) is 16.5. The minimum atomic E-state index is -3.75. The maximum atomic E-state index is 12.9. The number of rotatable bonds is 5. The summed E-state index contributed by atoms with van der Waals surface area (Å²) in [6.07, 6.45) is 1.57. The molecular weight excluding hydrogens is 324 g/mol. The molecule has 1 heterocycles. The van der Waals surface area contributed by atoms with Crippen LogP contribution in [0.2, 0.25) is 5.02 Å². The van der Waals surface area contributed by atoms with E-state index in [1.165, 1.54) is 16.4 Å². The third kappa shape index (κ3) is 3.41. The second-order valence-electron chi connectivity index (χ2n) is 5.69. The number of fused-ring (bicyclic) bond motifs is 1. The Hall–Kier alpha value is -1.21. The van der Waals surface area contributed by atoms with Crippen molar-refractivity contribution in [2.24, 2.45) is 0 Å². The van der Waals surface area contributed by atoms with Gasteiger partial charge >= 0.3 is 0 Å². The molecule has 2 rings (SSSR count). The van der Waals surface area contributed by atoms with Crippen molar-refractivity contribution in [3.8, 4) is 0 Å². The molecule has 0 bridgehead atoms. The van der Waals surface area contributed by atoms with Crippen LogP contribution < -0.4 is 0 Å². The summed E-state index contributed by atoms with van der Waals surface area (Å²) in [5.41, 5.74) is -0.673. The monoisotopic (exact) mass is 342 g/mol. The quantitative estimate of drug-likeness (QED) is 0.906. The summed E-state index contributed by atoms with van der Waals surface area (Å²) in [4.78, 5) is 4.29. The van der Waals surface area contributed by atoms with Gasteiger partial charge in [-0.1, -0.05) is 18.5 Å². The standard InChI is InChI=1S/C15H19ClN2O3S/c1-4-18(10-15(2,3)19)22(20,21)13-8-7-12(16)14-11(13)6-5-9-17-14/h5-9,19H,4,10H2,1-3H3. The van der Waals surface area contributed by atoms with Gasteiger partial charge in [0.1, 0.15) is 0 Å². The van der Waals surface area contributed by atoms with E-state index in [1.54, 1.807) is 39.1 Å². The van der Waals surface area contributed by atoms with E-state index in [0.29, 0.717) is 15.9 Å². The lowest BCUT2D eigenvalue weighted by atomic mass is 10.1. The van der Waals surface area contributed by atoms with Crippen molar-refractivity contribution in [3.63, 3.8) is 0 Å². The Balaban J connectivity index is 2.61. The van der Waals surface area contributed by atoms with Crippen molar-refractivity contribution in [1.82, 2.24) is 9.29 Å². The summed E-state index contributed by atoms with van der Waals surface area (Å²) in [5, 5.41) is 10.8. The molecule has 0 aliphatic rings. The molecule has 0 aliphatic heterocycles. The highest BCUT2D eigenvalue weighted by Gasteiger charge is 2.30. The van der Waals surface area contributed by atoms with E-state index in [2.05, 4.69) is 4.98 Å². The van der Waals surface area contributed by atoms with Crippen LogP contribution in [0.5, 0.6) is 0 Å². The highest BCUT2D eigenvalue weighted by molar-refractivity contribution is 7.89. The molecular formula is C15H19ClN2O3S. The second kappa shape index (κ2) is 6.12. The van der Waals surface area contributed by atoms with Crippen LogP contribution in [-0.2, 0) is 10.0 Å². The summed E-state index contributed by atoms with van der Waals surface area (Å²) in [6, 6.07) is 6.36. The number of halogens is 1. The first-order chi connectivity index (χ1) is 10.2. The average molecular weight is 343 g/mol. The fraction of sp³-hybridized carbons (Fsp3) is 0.400. The van der Waals surface area contributed by atoms with Crippen LogP contribution >= 0.6 is 11.6 Å². The zero-order valence-corrected chi connectivity index (χ0v) is 14.3. The molecule has 0 unspecified atom stereocenters. The molecule has 0 aliphatic carbocycles. The molecule has 0 fully saturated rings. The highest BCUT2D eigenvalue weighted by atomic mass is 35.5. The molecule has 1 aromatic carbocycles.